The van der Waals surface area contributed by atoms with Crippen LogP contribution in [0.1, 0.15) is 65.7 Å². The highest BCUT2D eigenvalue weighted by atomic mass is 35.5. The Labute approximate surface area is 255 Å². The average Bonchev–Trinajstić information content (AvgIpc) is 3.55. The minimum absolute atomic E-state index is 0.0381. The lowest BCUT2D eigenvalue weighted by molar-refractivity contribution is -0.0366. The number of carbonyl (C=O) groups is 1. The third kappa shape index (κ3) is 5.39. The molecule has 0 unspecified atom stereocenters. The molecule has 12 heteroatoms. The first kappa shape index (κ1) is 29.2. The average molecular weight is 620 g/mol. The van der Waals surface area contributed by atoms with Gasteiger partial charge in [-0.2, -0.15) is 9.97 Å². The summed E-state index contributed by atoms with van der Waals surface area (Å²) in [6.07, 6.45) is 4.81. The van der Waals surface area contributed by atoms with E-state index in [0.29, 0.717) is 43.9 Å². The molecule has 4 atom stereocenters. The number of nitrogens with zero attached hydrogens (tertiary/aromatic N) is 5. The summed E-state index contributed by atoms with van der Waals surface area (Å²) in [6, 6.07) is 3.15. The SMILES string of the molecule is CC(C)(C)OC(=O)N1[C@H]2CC[C@]1(COC1CC1)CN(c1nc(OC[C@@]34CCCN3C[C@H](F)C4)nc3c(F)c(Cl)ccc13)C2. The molecule has 9 nitrogen and oxygen atoms in total. The molecule has 5 fully saturated rings. The number of ether oxygens (including phenoxy) is 3. The van der Waals surface area contributed by atoms with Gasteiger partial charge in [0.1, 0.15) is 29.7 Å². The summed E-state index contributed by atoms with van der Waals surface area (Å²) in [5.74, 6) is -0.113. The van der Waals surface area contributed by atoms with Crippen molar-refractivity contribution in [3.63, 3.8) is 0 Å². The van der Waals surface area contributed by atoms with E-state index in [1.165, 1.54) is 6.07 Å². The maximum Gasteiger partial charge on any atom is 0.411 e. The molecule has 43 heavy (non-hydrogen) atoms. The van der Waals surface area contributed by atoms with Gasteiger partial charge < -0.3 is 19.1 Å². The Morgan fingerprint density at radius 3 is 2.70 bits per heavy atom. The molecule has 1 aromatic carbocycles. The molecule has 0 spiro atoms. The van der Waals surface area contributed by atoms with Crippen molar-refractivity contribution in [1.29, 1.82) is 0 Å². The summed E-state index contributed by atoms with van der Waals surface area (Å²) in [7, 11) is 0. The first-order valence-electron chi connectivity index (χ1n) is 15.5. The van der Waals surface area contributed by atoms with Gasteiger partial charge in [0.15, 0.2) is 5.82 Å². The van der Waals surface area contributed by atoms with Crippen molar-refractivity contribution in [2.45, 2.75) is 101 Å². The number of amides is 1. The summed E-state index contributed by atoms with van der Waals surface area (Å²) < 4.78 is 48.2. The second-order valence-electron chi connectivity index (χ2n) is 14.1. The molecule has 2 bridgehead atoms. The molecule has 1 amide bonds. The second-order valence-corrected chi connectivity index (χ2v) is 14.5. The highest BCUT2D eigenvalue weighted by Crippen LogP contribution is 2.45. The van der Waals surface area contributed by atoms with E-state index in [9.17, 15) is 9.18 Å². The molecule has 2 aromatic rings. The van der Waals surface area contributed by atoms with Crippen LogP contribution in [0.3, 0.4) is 0 Å². The van der Waals surface area contributed by atoms with E-state index in [1.807, 2.05) is 25.7 Å². The van der Waals surface area contributed by atoms with Crippen molar-refractivity contribution >= 4 is 34.4 Å². The standard InChI is InChI=1S/C31H40ClF2N5O4/c1-29(2,3)43-28(40)39-20-9-11-31(39,18-41-21-5-6-21)16-37(15-20)26-22-7-8-23(32)24(34)25(22)35-27(36-26)42-17-30-10-4-12-38(30)14-19(33)13-30/h7-8,19-21H,4-6,9-18H2,1-3H3/t19-,20+,30+,31-/m1/s1. The highest BCUT2D eigenvalue weighted by Gasteiger charge is 2.56. The molecule has 5 heterocycles. The molecule has 1 aromatic heterocycles. The number of anilines is 1. The monoisotopic (exact) mass is 619 g/mol. The Morgan fingerprint density at radius 2 is 1.93 bits per heavy atom. The van der Waals surface area contributed by atoms with Crippen LogP contribution < -0.4 is 9.64 Å². The lowest BCUT2D eigenvalue weighted by Gasteiger charge is -2.49. The van der Waals surface area contributed by atoms with Gasteiger partial charge in [-0.25, -0.2) is 13.6 Å². The van der Waals surface area contributed by atoms with Crippen molar-refractivity contribution < 1.29 is 27.8 Å². The zero-order valence-corrected chi connectivity index (χ0v) is 25.8. The fourth-order valence-corrected chi connectivity index (χ4v) is 7.79. The number of fused-ring (bicyclic) bond motifs is 4. The Hall–Kier alpha value is -2.50. The van der Waals surface area contributed by atoms with E-state index < -0.39 is 28.7 Å². The van der Waals surface area contributed by atoms with Gasteiger partial charge in [-0.15, -0.1) is 0 Å². The van der Waals surface area contributed by atoms with Gasteiger partial charge in [0.25, 0.3) is 0 Å². The summed E-state index contributed by atoms with van der Waals surface area (Å²) in [4.78, 5) is 29.0. The van der Waals surface area contributed by atoms with Crippen molar-refractivity contribution in [1.82, 2.24) is 19.8 Å². The van der Waals surface area contributed by atoms with Crippen molar-refractivity contribution in [2.75, 3.05) is 44.3 Å². The van der Waals surface area contributed by atoms with Crippen molar-refractivity contribution in [3.8, 4) is 6.01 Å². The maximum atomic E-state index is 15.5. The van der Waals surface area contributed by atoms with Gasteiger partial charge >= 0.3 is 12.1 Å². The van der Waals surface area contributed by atoms with Gasteiger partial charge in [-0.1, -0.05) is 11.6 Å². The minimum Gasteiger partial charge on any atom is -0.461 e. The van der Waals surface area contributed by atoms with Crippen LogP contribution in [-0.4, -0.2) is 100 Å². The van der Waals surface area contributed by atoms with Gasteiger partial charge in [0.2, 0.25) is 0 Å². The fourth-order valence-electron chi connectivity index (χ4n) is 7.64. The molecule has 0 radical (unpaired) electrons. The van der Waals surface area contributed by atoms with Crippen LogP contribution in [0.15, 0.2) is 12.1 Å². The number of hydrogen-bond acceptors (Lipinski definition) is 8. The topological polar surface area (TPSA) is 80.3 Å². The predicted octanol–water partition coefficient (Wildman–Crippen LogP) is 5.51. The van der Waals surface area contributed by atoms with E-state index in [-0.39, 0.29) is 41.4 Å². The van der Waals surface area contributed by atoms with Crippen LogP contribution in [-0.2, 0) is 9.47 Å². The Kier molecular flexibility index (Phi) is 7.17. The summed E-state index contributed by atoms with van der Waals surface area (Å²) >= 11 is 6.20. The van der Waals surface area contributed by atoms with E-state index in [2.05, 4.69) is 14.8 Å². The van der Waals surface area contributed by atoms with Crippen molar-refractivity contribution in [2.24, 2.45) is 0 Å². The molecule has 7 rings (SSSR count). The van der Waals surface area contributed by atoms with E-state index >= 15 is 4.39 Å². The largest absolute Gasteiger partial charge is 0.461 e. The Morgan fingerprint density at radius 1 is 1.12 bits per heavy atom. The number of rotatable bonds is 7. The quantitative estimate of drug-likeness (QED) is 0.401. The smallest absolute Gasteiger partial charge is 0.411 e. The second kappa shape index (κ2) is 10.5. The minimum atomic E-state index is -0.890. The first-order chi connectivity index (χ1) is 20.5. The zero-order valence-electron chi connectivity index (χ0n) is 25.1. The number of alkyl halides is 1. The fraction of sp³-hybridized carbons (Fsp3) is 0.710. The van der Waals surface area contributed by atoms with Crippen molar-refractivity contribution in [3.05, 3.63) is 23.0 Å². The molecule has 0 N–H and O–H groups in total. The van der Waals surface area contributed by atoms with E-state index in [4.69, 9.17) is 30.8 Å². The van der Waals surface area contributed by atoms with Gasteiger partial charge in [-0.3, -0.25) is 9.80 Å². The number of carbonyl (C=O) groups excluding carboxylic acids is 1. The summed E-state index contributed by atoms with van der Waals surface area (Å²) in [5, 5.41) is 0.479. The number of halogens is 3. The predicted molar refractivity (Wildman–Crippen MR) is 158 cm³/mol. The van der Waals surface area contributed by atoms with Crippen LogP contribution in [0, 0.1) is 5.82 Å². The Bertz CT molecular complexity index is 1420. The number of aromatic nitrogens is 2. The van der Waals surface area contributed by atoms with Crippen LogP contribution >= 0.6 is 11.6 Å². The third-order valence-corrected chi connectivity index (χ3v) is 9.98. The molecule has 5 aliphatic rings. The third-order valence-electron chi connectivity index (χ3n) is 9.69. The number of benzene rings is 1. The maximum absolute atomic E-state index is 15.5. The summed E-state index contributed by atoms with van der Waals surface area (Å²) in [6.45, 7) is 8.40. The molecule has 234 valence electrons. The van der Waals surface area contributed by atoms with Gasteiger partial charge in [-0.05, 0) is 78.0 Å². The van der Waals surface area contributed by atoms with E-state index in [0.717, 1.165) is 45.1 Å². The molecular weight excluding hydrogens is 580 g/mol. The van der Waals surface area contributed by atoms with Crippen LogP contribution in [0.5, 0.6) is 6.01 Å². The molecule has 1 aliphatic carbocycles. The zero-order chi connectivity index (χ0) is 30.1. The van der Waals surface area contributed by atoms with Gasteiger partial charge in [0, 0.05) is 31.4 Å². The van der Waals surface area contributed by atoms with Gasteiger partial charge in [0.05, 0.1) is 34.9 Å². The molecule has 4 aliphatic heterocycles. The first-order valence-corrected chi connectivity index (χ1v) is 15.9. The summed E-state index contributed by atoms with van der Waals surface area (Å²) in [5.41, 5.74) is -1.57. The Balaban J connectivity index is 1.23. The lowest BCUT2D eigenvalue weighted by Crippen LogP contribution is -2.66. The van der Waals surface area contributed by atoms with Crippen LogP contribution in [0.25, 0.3) is 10.9 Å². The highest BCUT2D eigenvalue weighted by molar-refractivity contribution is 6.31. The number of piperazine rings is 1. The number of hydrogen-bond donors (Lipinski definition) is 0. The van der Waals surface area contributed by atoms with Crippen LogP contribution in [0.2, 0.25) is 5.02 Å². The molecular formula is C31H40ClF2N5O4. The normalized spacial score (nSPS) is 30.7. The van der Waals surface area contributed by atoms with Crippen LogP contribution in [0.4, 0.5) is 19.4 Å². The molecule has 1 saturated carbocycles. The van der Waals surface area contributed by atoms with E-state index in [1.54, 1.807) is 6.07 Å². The lowest BCUT2D eigenvalue weighted by atomic mass is 9.95. The molecule has 4 saturated heterocycles.